The minimum absolute atomic E-state index is 0.100. The number of ether oxygens (including phenoxy) is 1. The summed E-state index contributed by atoms with van der Waals surface area (Å²) in [4.78, 5) is 17.7. The Morgan fingerprint density at radius 3 is 2.61 bits per heavy atom. The Kier molecular flexibility index (Phi) is 6.25. The zero-order chi connectivity index (χ0) is 20.1. The molecular formula is C18H18ClF3N4O2. The Morgan fingerprint density at radius 1 is 1.21 bits per heavy atom. The Morgan fingerprint density at radius 2 is 1.96 bits per heavy atom. The highest BCUT2D eigenvalue weighted by molar-refractivity contribution is 6.29. The molecule has 2 heterocycles. The van der Waals surface area contributed by atoms with Gasteiger partial charge in [-0.1, -0.05) is 17.7 Å². The number of urea groups is 1. The fraction of sp³-hybridized carbons (Fsp3) is 0.333. The molecule has 1 aliphatic rings. The molecule has 2 N–H and O–H groups in total. The molecule has 150 valence electrons. The number of amides is 2. The van der Waals surface area contributed by atoms with E-state index in [-0.39, 0.29) is 12.2 Å². The molecule has 0 unspecified atom stereocenters. The molecule has 1 aromatic carbocycles. The van der Waals surface area contributed by atoms with Crippen LogP contribution < -0.4 is 15.5 Å². The van der Waals surface area contributed by atoms with E-state index in [1.54, 1.807) is 18.2 Å². The van der Waals surface area contributed by atoms with Crippen LogP contribution in [0.4, 0.5) is 29.3 Å². The van der Waals surface area contributed by atoms with E-state index in [1.807, 2.05) is 4.90 Å². The average molecular weight is 415 g/mol. The number of aromatic nitrogens is 1. The summed E-state index contributed by atoms with van der Waals surface area (Å²) < 4.78 is 45.7. The molecule has 28 heavy (non-hydrogen) atoms. The number of carbonyl (C=O) groups is 1. The molecule has 0 saturated carbocycles. The first-order valence-electron chi connectivity index (χ1n) is 8.52. The third-order valence-corrected chi connectivity index (χ3v) is 4.40. The van der Waals surface area contributed by atoms with Gasteiger partial charge in [-0.05, 0) is 29.8 Å². The second-order valence-corrected chi connectivity index (χ2v) is 6.51. The average Bonchev–Trinajstić information content (AvgIpc) is 2.68. The highest BCUT2D eigenvalue weighted by Gasteiger charge is 2.34. The first-order chi connectivity index (χ1) is 13.3. The largest absolute Gasteiger partial charge is 0.418 e. The van der Waals surface area contributed by atoms with E-state index < -0.39 is 17.8 Å². The minimum Gasteiger partial charge on any atom is -0.378 e. The van der Waals surface area contributed by atoms with Crippen molar-refractivity contribution >= 4 is 29.0 Å². The zero-order valence-electron chi connectivity index (χ0n) is 14.7. The van der Waals surface area contributed by atoms with Gasteiger partial charge in [0.25, 0.3) is 0 Å². The van der Waals surface area contributed by atoms with Crippen LogP contribution in [0.2, 0.25) is 5.15 Å². The summed E-state index contributed by atoms with van der Waals surface area (Å²) in [5.41, 5.74) is -0.108. The zero-order valence-corrected chi connectivity index (χ0v) is 15.5. The molecule has 1 aliphatic heterocycles. The van der Waals surface area contributed by atoms with Crippen molar-refractivity contribution < 1.29 is 22.7 Å². The van der Waals surface area contributed by atoms with E-state index in [0.717, 1.165) is 6.07 Å². The molecule has 10 heteroatoms. The van der Waals surface area contributed by atoms with Crippen LogP contribution in [0, 0.1) is 0 Å². The smallest absolute Gasteiger partial charge is 0.378 e. The second-order valence-electron chi connectivity index (χ2n) is 6.12. The molecular weight excluding hydrogens is 397 g/mol. The fourth-order valence-corrected chi connectivity index (χ4v) is 2.87. The summed E-state index contributed by atoms with van der Waals surface area (Å²) >= 11 is 5.68. The standard InChI is InChI=1S/C18H18ClF3N4O2/c19-16-4-1-12(10-23-16)11-24-17(27)25-15-3-2-13(9-14(15)18(20,21)22)26-5-7-28-8-6-26/h1-4,9-10H,5-8,11H2,(H2,24,25,27). The summed E-state index contributed by atoms with van der Waals surface area (Å²) in [6, 6.07) is 6.33. The lowest BCUT2D eigenvalue weighted by atomic mass is 10.1. The molecule has 2 aromatic rings. The second kappa shape index (κ2) is 8.66. The molecule has 0 atom stereocenters. The van der Waals surface area contributed by atoms with Gasteiger partial charge in [-0.2, -0.15) is 13.2 Å². The number of hydrogen-bond acceptors (Lipinski definition) is 4. The molecule has 0 radical (unpaired) electrons. The number of hydrogen-bond donors (Lipinski definition) is 2. The normalized spacial score (nSPS) is 14.6. The van der Waals surface area contributed by atoms with Gasteiger partial charge in [-0.25, -0.2) is 9.78 Å². The van der Waals surface area contributed by atoms with E-state index >= 15 is 0 Å². The van der Waals surface area contributed by atoms with Crippen molar-refractivity contribution in [3.8, 4) is 0 Å². The lowest BCUT2D eigenvalue weighted by Gasteiger charge is -2.29. The SMILES string of the molecule is O=C(NCc1ccc(Cl)nc1)Nc1ccc(N2CCOCC2)cc1C(F)(F)F. The number of benzene rings is 1. The number of nitrogens with one attached hydrogen (secondary N) is 2. The number of anilines is 2. The van der Waals surface area contributed by atoms with Gasteiger partial charge in [-0.3, -0.25) is 0 Å². The molecule has 0 bridgehead atoms. The third-order valence-electron chi connectivity index (χ3n) is 4.17. The number of alkyl halides is 3. The van der Waals surface area contributed by atoms with Crippen molar-refractivity contribution in [2.75, 3.05) is 36.5 Å². The van der Waals surface area contributed by atoms with Crippen molar-refractivity contribution in [3.63, 3.8) is 0 Å². The van der Waals surface area contributed by atoms with Crippen molar-refractivity contribution in [1.82, 2.24) is 10.3 Å². The highest BCUT2D eigenvalue weighted by atomic mass is 35.5. The highest BCUT2D eigenvalue weighted by Crippen LogP contribution is 2.37. The number of nitrogens with zero attached hydrogens (tertiary/aromatic N) is 2. The Labute approximate surface area is 164 Å². The maximum atomic E-state index is 13.5. The van der Waals surface area contributed by atoms with Crippen LogP contribution in [0.15, 0.2) is 36.5 Å². The molecule has 1 saturated heterocycles. The molecule has 0 spiro atoms. The Bertz CT molecular complexity index is 825. The van der Waals surface area contributed by atoms with Crippen LogP contribution in [0.3, 0.4) is 0 Å². The summed E-state index contributed by atoms with van der Waals surface area (Å²) in [5, 5.41) is 5.07. The first kappa shape index (κ1) is 20.2. The van der Waals surface area contributed by atoms with Crippen LogP contribution in [0.1, 0.15) is 11.1 Å². The number of morpholine rings is 1. The lowest BCUT2D eigenvalue weighted by Crippen LogP contribution is -2.36. The quantitative estimate of drug-likeness (QED) is 0.744. The Hall–Kier alpha value is -2.52. The first-order valence-corrected chi connectivity index (χ1v) is 8.90. The van der Waals surface area contributed by atoms with Gasteiger partial charge in [0.2, 0.25) is 0 Å². The molecule has 3 rings (SSSR count). The lowest BCUT2D eigenvalue weighted by molar-refractivity contribution is -0.136. The van der Waals surface area contributed by atoms with Crippen LogP contribution in [0.25, 0.3) is 0 Å². The number of pyridine rings is 1. The molecule has 6 nitrogen and oxygen atoms in total. The monoisotopic (exact) mass is 414 g/mol. The molecule has 1 fully saturated rings. The summed E-state index contributed by atoms with van der Waals surface area (Å²) in [7, 11) is 0. The fourth-order valence-electron chi connectivity index (χ4n) is 2.75. The molecule has 2 amide bonds. The maximum Gasteiger partial charge on any atom is 0.418 e. The van der Waals surface area contributed by atoms with E-state index in [4.69, 9.17) is 16.3 Å². The van der Waals surface area contributed by atoms with Crippen LogP contribution in [-0.4, -0.2) is 37.3 Å². The van der Waals surface area contributed by atoms with Crippen LogP contribution >= 0.6 is 11.6 Å². The van der Waals surface area contributed by atoms with Gasteiger partial charge in [0.05, 0.1) is 24.5 Å². The van der Waals surface area contributed by atoms with Crippen molar-refractivity contribution in [3.05, 3.63) is 52.8 Å². The minimum atomic E-state index is -4.61. The summed E-state index contributed by atoms with van der Waals surface area (Å²) in [5.74, 6) is 0. The van der Waals surface area contributed by atoms with Gasteiger partial charge in [-0.15, -0.1) is 0 Å². The van der Waals surface area contributed by atoms with Crippen LogP contribution in [0.5, 0.6) is 0 Å². The van der Waals surface area contributed by atoms with Gasteiger partial charge in [0.1, 0.15) is 5.15 Å². The molecule has 0 aliphatic carbocycles. The maximum absolute atomic E-state index is 13.5. The van der Waals surface area contributed by atoms with Gasteiger partial charge >= 0.3 is 12.2 Å². The van der Waals surface area contributed by atoms with Crippen LogP contribution in [-0.2, 0) is 17.5 Å². The van der Waals surface area contributed by atoms with E-state index in [9.17, 15) is 18.0 Å². The third kappa shape index (κ3) is 5.26. The van der Waals surface area contributed by atoms with Gasteiger partial charge in [0.15, 0.2) is 0 Å². The number of carbonyl (C=O) groups excluding carboxylic acids is 1. The predicted molar refractivity (Wildman–Crippen MR) is 99.6 cm³/mol. The summed E-state index contributed by atoms with van der Waals surface area (Å²) in [6.45, 7) is 2.05. The number of rotatable bonds is 4. The number of halogens is 4. The van der Waals surface area contributed by atoms with Gasteiger partial charge in [0, 0.05) is 31.5 Å². The van der Waals surface area contributed by atoms with E-state index in [0.29, 0.717) is 42.7 Å². The van der Waals surface area contributed by atoms with Crippen molar-refractivity contribution in [2.24, 2.45) is 0 Å². The topological polar surface area (TPSA) is 66.5 Å². The van der Waals surface area contributed by atoms with Crippen molar-refractivity contribution in [2.45, 2.75) is 12.7 Å². The predicted octanol–water partition coefficient (Wildman–Crippen LogP) is 3.91. The van der Waals surface area contributed by atoms with E-state index in [2.05, 4.69) is 15.6 Å². The van der Waals surface area contributed by atoms with Gasteiger partial charge < -0.3 is 20.3 Å². The Balaban J connectivity index is 1.70. The van der Waals surface area contributed by atoms with Crippen molar-refractivity contribution in [1.29, 1.82) is 0 Å². The van der Waals surface area contributed by atoms with E-state index in [1.165, 1.54) is 12.3 Å². The molecule has 1 aromatic heterocycles. The summed E-state index contributed by atoms with van der Waals surface area (Å²) in [6.07, 6.45) is -3.13.